The molecular formula is C18H23NO4. The molecule has 0 unspecified atom stereocenters. The molecular weight excluding hydrogens is 294 g/mol. The molecule has 0 bridgehead atoms. The van der Waals surface area contributed by atoms with E-state index in [4.69, 9.17) is 4.74 Å². The maximum atomic E-state index is 12.0. The molecule has 1 saturated carbocycles. The van der Waals surface area contributed by atoms with E-state index in [0.717, 1.165) is 12.8 Å². The van der Waals surface area contributed by atoms with Crippen LogP contribution in [0.25, 0.3) is 0 Å². The fraction of sp³-hybridized carbons (Fsp3) is 0.500. The number of ketones is 1. The Labute approximate surface area is 136 Å². The molecule has 1 N–H and O–H groups in total. The standard InChI is InChI=1S/C18H23NO4/c1-12(20)15-7-9-16(10-8-15)19-18(22)13(2)23-17(21)11-14-5-3-4-6-14/h7-10,13-14H,3-6,11H2,1-2H3,(H,19,22)/t13-/m1/s1. The average molecular weight is 317 g/mol. The lowest BCUT2D eigenvalue weighted by molar-refractivity contribution is -0.154. The number of nitrogens with one attached hydrogen (secondary N) is 1. The summed E-state index contributed by atoms with van der Waals surface area (Å²) in [6.07, 6.45) is 4.03. The van der Waals surface area contributed by atoms with Crippen molar-refractivity contribution in [1.29, 1.82) is 0 Å². The van der Waals surface area contributed by atoms with E-state index >= 15 is 0 Å². The number of amides is 1. The van der Waals surface area contributed by atoms with Crippen LogP contribution in [0.15, 0.2) is 24.3 Å². The monoisotopic (exact) mass is 317 g/mol. The summed E-state index contributed by atoms with van der Waals surface area (Å²) < 4.78 is 5.20. The number of anilines is 1. The molecule has 5 nitrogen and oxygen atoms in total. The van der Waals surface area contributed by atoms with Gasteiger partial charge >= 0.3 is 5.97 Å². The van der Waals surface area contributed by atoms with Crippen LogP contribution < -0.4 is 5.32 Å². The van der Waals surface area contributed by atoms with Gasteiger partial charge in [0.1, 0.15) is 0 Å². The van der Waals surface area contributed by atoms with E-state index in [9.17, 15) is 14.4 Å². The first-order chi connectivity index (χ1) is 11.0. The van der Waals surface area contributed by atoms with Gasteiger partial charge in [0.2, 0.25) is 0 Å². The lowest BCUT2D eigenvalue weighted by Gasteiger charge is -2.15. The minimum atomic E-state index is -0.837. The number of esters is 1. The Bertz CT molecular complexity index is 573. The van der Waals surface area contributed by atoms with Gasteiger partial charge in [-0.3, -0.25) is 14.4 Å². The summed E-state index contributed by atoms with van der Waals surface area (Å²) in [6.45, 7) is 3.05. The zero-order valence-corrected chi connectivity index (χ0v) is 13.6. The van der Waals surface area contributed by atoms with Gasteiger partial charge in [-0.05, 0) is 56.9 Å². The molecule has 1 amide bonds. The lowest BCUT2D eigenvalue weighted by atomic mass is 10.0. The number of Topliss-reactive ketones (excluding diaryl/α,β-unsaturated/α-hetero) is 1. The lowest BCUT2D eigenvalue weighted by Crippen LogP contribution is -2.30. The van der Waals surface area contributed by atoms with Gasteiger partial charge in [0.05, 0.1) is 0 Å². The molecule has 1 aromatic carbocycles. The number of carbonyl (C=O) groups excluding carboxylic acids is 3. The van der Waals surface area contributed by atoms with Crippen LogP contribution in [0.1, 0.15) is 56.3 Å². The highest BCUT2D eigenvalue weighted by molar-refractivity contribution is 5.97. The molecule has 0 aromatic heterocycles. The van der Waals surface area contributed by atoms with Gasteiger partial charge in [-0.2, -0.15) is 0 Å². The zero-order chi connectivity index (χ0) is 16.8. The van der Waals surface area contributed by atoms with E-state index in [1.807, 2.05) is 0 Å². The number of hydrogen-bond acceptors (Lipinski definition) is 4. The van der Waals surface area contributed by atoms with Crippen LogP contribution in [0.5, 0.6) is 0 Å². The molecule has 0 spiro atoms. The molecule has 1 aliphatic rings. The first-order valence-electron chi connectivity index (χ1n) is 8.07. The van der Waals surface area contributed by atoms with Crippen molar-refractivity contribution in [3.05, 3.63) is 29.8 Å². The quantitative estimate of drug-likeness (QED) is 0.645. The Hall–Kier alpha value is -2.17. The molecule has 124 valence electrons. The minimum Gasteiger partial charge on any atom is -0.453 e. The van der Waals surface area contributed by atoms with Gasteiger partial charge in [0.15, 0.2) is 11.9 Å². The molecule has 0 heterocycles. The molecule has 23 heavy (non-hydrogen) atoms. The maximum Gasteiger partial charge on any atom is 0.306 e. The van der Waals surface area contributed by atoms with Crippen molar-refractivity contribution in [2.75, 3.05) is 5.32 Å². The van der Waals surface area contributed by atoms with Crippen molar-refractivity contribution in [2.45, 2.75) is 52.1 Å². The molecule has 1 fully saturated rings. The fourth-order valence-corrected chi connectivity index (χ4v) is 2.78. The second-order valence-electron chi connectivity index (χ2n) is 6.11. The van der Waals surface area contributed by atoms with Crippen molar-refractivity contribution >= 4 is 23.3 Å². The summed E-state index contributed by atoms with van der Waals surface area (Å²) in [5, 5.41) is 2.68. The summed E-state index contributed by atoms with van der Waals surface area (Å²) in [5.41, 5.74) is 1.15. The van der Waals surface area contributed by atoms with E-state index in [1.54, 1.807) is 31.2 Å². The third-order valence-electron chi connectivity index (χ3n) is 4.17. The molecule has 0 saturated heterocycles. The third-order valence-corrected chi connectivity index (χ3v) is 4.17. The zero-order valence-electron chi connectivity index (χ0n) is 13.6. The second-order valence-corrected chi connectivity index (χ2v) is 6.11. The van der Waals surface area contributed by atoms with E-state index in [-0.39, 0.29) is 17.7 Å². The van der Waals surface area contributed by atoms with E-state index in [0.29, 0.717) is 23.6 Å². The van der Waals surface area contributed by atoms with Gasteiger partial charge in [0, 0.05) is 17.7 Å². The number of benzene rings is 1. The van der Waals surface area contributed by atoms with Crippen LogP contribution in [0.3, 0.4) is 0 Å². The smallest absolute Gasteiger partial charge is 0.306 e. The summed E-state index contributed by atoms with van der Waals surface area (Å²) in [7, 11) is 0. The van der Waals surface area contributed by atoms with Gasteiger partial charge in [-0.15, -0.1) is 0 Å². The summed E-state index contributed by atoms with van der Waals surface area (Å²) >= 11 is 0. The van der Waals surface area contributed by atoms with Gasteiger partial charge in [-0.25, -0.2) is 0 Å². The van der Waals surface area contributed by atoms with Crippen LogP contribution in [-0.2, 0) is 14.3 Å². The Morgan fingerprint density at radius 2 is 1.78 bits per heavy atom. The highest BCUT2D eigenvalue weighted by Gasteiger charge is 2.23. The second kappa shape index (κ2) is 7.90. The first kappa shape index (κ1) is 17.2. The molecule has 0 aliphatic heterocycles. The van der Waals surface area contributed by atoms with Crippen LogP contribution in [-0.4, -0.2) is 23.8 Å². The highest BCUT2D eigenvalue weighted by atomic mass is 16.5. The molecule has 5 heteroatoms. The van der Waals surface area contributed by atoms with Crippen molar-refractivity contribution in [1.82, 2.24) is 0 Å². The van der Waals surface area contributed by atoms with Crippen molar-refractivity contribution in [3.8, 4) is 0 Å². The third kappa shape index (κ3) is 5.20. The Kier molecular flexibility index (Phi) is 5.90. The van der Waals surface area contributed by atoms with Crippen molar-refractivity contribution in [2.24, 2.45) is 5.92 Å². The predicted octanol–water partition coefficient (Wildman–Crippen LogP) is 3.34. The average Bonchev–Trinajstić information content (AvgIpc) is 3.00. The van der Waals surface area contributed by atoms with Gasteiger partial charge < -0.3 is 10.1 Å². The number of ether oxygens (including phenoxy) is 1. The van der Waals surface area contributed by atoms with Gasteiger partial charge in [-0.1, -0.05) is 12.8 Å². The SMILES string of the molecule is CC(=O)c1ccc(NC(=O)[C@@H](C)OC(=O)CC2CCCC2)cc1. The van der Waals surface area contributed by atoms with Crippen LogP contribution in [0.2, 0.25) is 0 Å². The van der Waals surface area contributed by atoms with Crippen LogP contribution in [0, 0.1) is 5.92 Å². The molecule has 0 radical (unpaired) electrons. The number of hydrogen-bond donors (Lipinski definition) is 1. The number of carbonyl (C=O) groups is 3. The van der Waals surface area contributed by atoms with E-state index < -0.39 is 6.10 Å². The Morgan fingerprint density at radius 3 is 2.35 bits per heavy atom. The predicted molar refractivity (Wildman–Crippen MR) is 87.2 cm³/mol. The van der Waals surface area contributed by atoms with Crippen molar-refractivity contribution in [3.63, 3.8) is 0 Å². The fourth-order valence-electron chi connectivity index (χ4n) is 2.78. The Balaban J connectivity index is 1.81. The van der Waals surface area contributed by atoms with E-state index in [2.05, 4.69) is 5.32 Å². The minimum absolute atomic E-state index is 0.0305. The molecule has 1 aromatic rings. The highest BCUT2D eigenvalue weighted by Crippen LogP contribution is 2.27. The van der Waals surface area contributed by atoms with Crippen molar-refractivity contribution < 1.29 is 19.1 Å². The summed E-state index contributed by atoms with van der Waals surface area (Å²) in [4.78, 5) is 35.1. The largest absolute Gasteiger partial charge is 0.453 e. The normalized spacial score (nSPS) is 15.9. The van der Waals surface area contributed by atoms with Gasteiger partial charge in [0.25, 0.3) is 5.91 Å². The maximum absolute atomic E-state index is 12.0. The molecule has 1 atom stereocenters. The number of rotatable bonds is 6. The van der Waals surface area contributed by atoms with E-state index in [1.165, 1.54) is 19.8 Å². The molecule has 1 aliphatic carbocycles. The Morgan fingerprint density at radius 1 is 1.17 bits per heavy atom. The molecule has 2 rings (SSSR count). The van der Waals surface area contributed by atoms with Crippen LogP contribution >= 0.6 is 0 Å². The first-order valence-corrected chi connectivity index (χ1v) is 8.07. The summed E-state index contributed by atoms with van der Waals surface area (Å²) in [5.74, 6) is -0.319. The topological polar surface area (TPSA) is 72.5 Å². The van der Waals surface area contributed by atoms with Crippen LogP contribution in [0.4, 0.5) is 5.69 Å². The summed E-state index contributed by atoms with van der Waals surface area (Å²) in [6, 6.07) is 6.60.